The number of aromatic hydroxyl groups is 2. The number of fused-ring (bicyclic) bond motifs is 6. The van der Waals surface area contributed by atoms with E-state index in [1.165, 1.54) is 57.2 Å². The Morgan fingerprint density at radius 3 is 2.12 bits per heavy atom. The van der Waals surface area contributed by atoms with Crippen LogP contribution >= 0.6 is 0 Å². The fraction of sp³-hybridized carbons (Fsp3) is 0.436. The molecular formula is C39H46N2O11. The minimum atomic E-state index is -0.670. The minimum absolute atomic E-state index is 0.0170. The number of aromatic nitrogens is 1. The summed E-state index contributed by atoms with van der Waals surface area (Å²) < 4.78 is 39.1. The van der Waals surface area contributed by atoms with Gasteiger partial charge < -0.3 is 48.4 Å². The number of H-pyrrole nitrogens is 1. The average Bonchev–Trinajstić information content (AvgIpc) is 3.55. The van der Waals surface area contributed by atoms with Crippen LogP contribution in [-0.4, -0.2) is 100.0 Å². The Labute approximate surface area is 302 Å². The second kappa shape index (κ2) is 15.6. The number of nitrogens with zero attached hydrogens (tertiary/aromatic N) is 1. The highest BCUT2D eigenvalue weighted by molar-refractivity contribution is 5.91. The van der Waals surface area contributed by atoms with Crippen LogP contribution in [-0.2, 0) is 25.4 Å². The summed E-state index contributed by atoms with van der Waals surface area (Å²) in [5.41, 5.74) is 3.83. The molecule has 13 nitrogen and oxygen atoms in total. The van der Waals surface area contributed by atoms with Gasteiger partial charge in [-0.15, -0.1) is 0 Å². The van der Waals surface area contributed by atoms with E-state index >= 15 is 0 Å². The lowest BCUT2D eigenvalue weighted by Crippen LogP contribution is -2.58. The van der Waals surface area contributed by atoms with E-state index in [0.717, 1.165) is 37.2 Å². The van der Waals surface area contributed by atoms with Crippen molar-refractivity contribution in [3.8, 4) is 34.5 Å². The van der Waals surface area contributed by atoms with Crippen LogP contribution in [0.1, 0.15) is 40.5 Å². The smallest absolute Gasteiger partial charge is 0.338 e. The quantitative estimate of drug-likeness (QED) is 0.160. The summed E-state index contributed by atoms with van der Waals surface area (Å²) >= 11 is 0. The third-order valence-electron chi connectivity index (χ3n) is 10.6. The molecule has 2 aliphatic heterocycles. The molecule has 3 N–H and O–H groups in total. The van der Waals surface area contributed by atoms with Gasteiger partial charge >= 0.3 is 11.9 Å². The molecule has 1 aromatic heterocycles. The highest BCUT2D eigenvalue weighted by atomic mass is 16.6. The number of benzene rings is 3. The van der Waals surface area contributed by atoms with Gasteiger partial charge in [0.05, 0.1) is 53.1 Å². The number of aromatic amines is 1. The Balaban J connectivity index is 0.000000514. The number of esters is 2. The first-order chi connectivity index (χ1) is 25.1. The molecule has 0 bridgehead atoms. The second-order valence-electron chi connectivity index (χ2n) is 13.2. The molecule has 278 valence electrons. The van der Waals surface area contributed by atoms with Crippen LogP contribution in [0, 0.1) is 17.8 Å². The average molecular weight is 719 g/mol. The third kappa shape index (κ3) is 6.90. The van der Waals surface area contributed by atoms with Crippen LogP contribution in [0.4, 0.5) is 0 Å². The Hall–Kier alpha value is -5.14. The van der Waals surface area contributed by atoms with Crippen LogP contribution in [0.5, 0.6) is 34.5 Å². The van der Waals surface area contributed by atoms with Crippen molar-refractivity contribution in [3.05, 3.63) is 71.4 Å². The van der Waals surface area contributed by atoms with Crippen molar-refractivity contribution in [2.24, 2.45) is 17.8 Å². The molecule has 13 heteroatoms. The maximum Gasteiger partial charge on any atom is 0.338 e. The number of carbonyl (C=O) groups excluding carboxylic acids is 2. The van der Waals surface area contributed by atoms with E-state index < -0.39 is 24.1 Å². The Morgan fingerprint density at radius 1 is 0.846 bits per heavy atom. The molecule has 1 saturated carbocycles. The Bertz CT molecular complexity index is 1860. The van der Waals surface area contributed by atoms with Gasteiger partial charge in [-0.05, 0) is 73.1 Å². The number of phenols is 2. The van der Waals surface area contributed by atoms with Gasteiger partial charge in [0.1, 0.15) is 18.0 Å². The number of methoxy groups -OCH3 is 6. The molecule has 3 heterocycles. The first-order valence-corrected chi connectivity index (χ1v) is 17.2. The SMILES string of the molecule is COC(=O)[C@H]1[C@H]2C[C@@H]3c4[nH]c5cc(OC)ccc5c4CCN3C[C@H]2C[C@@H](OC(=O)c2cc(OC)c(OC)c(OC)c2)[C@@H]1OC.Oc1ccccc1O. The summed E-state index contributed by atoms with van der Waals surface area (Å²) in [4.78, 5) is 33.1. The summed E-state index contributed by atoms with van der Waals surface area (Å²) in [6.07, 6.45) is 0.920. The van der Waals surface area contributed by atoms with Gasteiger partial charge in [0.2, 0.25) is 5.75 Å². The normalized spacial score (nSPS) is 23.5. The number of piperidine rings is 1. The zero-order chi connectivity index (χ0) is 37.1. The van der Waals surface area contributed by atoms with Crippen molar-refractivity contribution in [1.82, 2.24) is 9.88 Å². The molecular weight excluding hydrogens is 672 g/mol. The van der Waals surface area contributed by atoms with Gasteiger partial charge in [-0.25, -0.2) is 4.79 Å². The number of nitrogens with one attached hydrogen (secondary N) is 1. The molecule has 3 aromatic carbocycles. The highest BCUT2D eigenvalue weighted by Gasteiger charge is 2.54. The zero-order valence-corrected chi connectivity index (χ0v) is 30.2. The van der Waals surface area contributed by atoms with Gasteiger partial charge in [0, 0.05) is 42.9 Å². The summed E-state index contributed by atoms with van der Waals surface area (Å²) in [5.74, 6) is 0.288. The fourth-order valence-electron chi connectivity index (χ4n) is 8.23. The van der Waals surface area contributed by atoms with Crippen molar-refractivity contribution in [2.75, 3.05) is 55.7 Å². The van der Waals surface area contributed by atoms with Crippen LogP contribution in [0.25, 0.3) is 10.9 Å². The van der Waals surface area contributed by atoms with Gasteiger partial charge in [-0.1, -0.05) is 12.1 Å². The predicted octanol–water partition coefficient (Wildman–Crippen LogP) is 5.27. The number of hydrogen-bond acceptors (Lipinski definition) is 12. The van der Waals surface area contributed by atoms with Crippen LogP contribution < -0.4 is 18.9 Å². The molecule has 0 amide bonds. The molecule has 52 heavy (non-hydrogen) atoms. The van der Waals surface area contributed by atoms with Crippen molar-refractivity contribution in [2.45, 2.75) is 37.5 Å². The summed E-state index contributed by atoms with van der Waals surface area (Å²) in [7, 11) is 9.10. The van der Waals surface area contributed by atoms with Crippen molar-refractivity contribution in [1.29, 1.82) is 0 Å². The lowest BCUT2D eigenvalue weighted by atomic mass is 9.63. The van der Waals surface area contributed by atoms with E-state index in [-0.39, 0.29) is 40.9 Å². The van der Waals surface area contributed by atoms with E-state index in [4.69, 9.17) is 43.4 Å². The van der Waals surface area contributed by atoms with Gasteiger partial charge in [0.15, 0.2) is 23.0 Å². The molecule has 0 unspecified atom stereocenters. The number of rotatable bonds is 8. The van der Waals surface area contributed by atoms with E-state index in [0.29, 0.717) is 23.7 Å². The molecule has 7 rings (SSSR count). The van der Waals surface area contributed by atoms with E-state index in [2.05, 4.69) is 16.0 Å². The number of phenolic OH excluding ortho intramolecular Hbond substituents is 2. The van der Waals surface area contributed by atoms with Gasteiger partial charge in [0.25, 0.3) is 0 Å². The number of carbonyl (C=O) groups is 2. The molecule has 1 saturated heterocycles. The van der Waals surface area contributed by atoms with Gasteiger partial charge in [-0.2, -0.15) is 0 Å². The third-order valence-corrected chi connectivity index (χ3v) is 10.6. The van der Waals surface area contributed by atoms with E-state index in [1.807, 2.05) is 12.1 Å². The predicted molar refractivity (Wildman–Crippen MR) is 190 cm³/mol. The first-order valence-electron chi connectivity index (χ1n) is 17.2. The number of para-hydroxylation sites is 2. The molecule has 0 radical (unpaired) electrons. The minimum Gasteiger partial charge on any atom is -0.504 e. The van der Waals surface area contributed by atoms with Crippen LogP contribution in [0.15, 0.2) is 54.6 Å². The monoisotopic (exact) mass is 718 g/mol. The summed E-state index contributed by atoms with van der Waals surface area (Å²) in [6.45, 7) is 1.68. The first kappa shape index (κ1) is 36.6. The van der Waals surface area contributed by atoms with Crippen LogP contribution in [0.3, 0.4) is 0 Å². The molecule has 6 atom stereocenters. The standard InChI is InChI=1S/C33H40N2O9.C6H6O2/c1-38-19-7-8-20-21-9-10-35-16-18-13-27(44-32(36)17-11-25(39-2)30(41-4)26(12-17)40-3)31(42-5)28(33(37)43-6)22(18)15-24(35)29(21)34-23(20)14-19;7-5-3-1-2-4-6(5)8/h7-8,11-12,14,18,22,24,27-28,31,34H,9-10,13,15-16H2,1-6H3;1-4,7-8H/t18-,22+,24-,27-,28+,31+;/m1./s1. The summed E-state index contributed by atoms with van der Waals surface area (Å²) in [6, 6.07) is 15.5. The maximum absolute atomic E-state index is 13.5. The lowest BCUT2D eigenvalue weighted by Gasteiger charge is -2.52. The molecule has 1 aliphatic carbocycles. The zero-order valence-electron chi connectivity index (χ0n) is 30.2. The van der Waals surface area contributed by atoms with Gasteiger partial charge in [-0.3, -0.25) is 9.69 Å². The number of hydrogen-bond donors (Lipinski definition) is 3. The number of ether oxygens (including phenoxy) is 7. The lowest BCUT2D eigenvalue weighted by molar-refractivity contribution is -0.176. The molecule has 4 aromatic rings. The Kier molecular flexibility index (Phi) is 11.0. The second-order valence-corrected chi connectivity index (χ2v) is 13.2. The summed E-state index contributed by atoms with van der Waals surface area (Å²) in [5, 5.41) is 18.6. The van der Waals surface area contributed by atoms with E-state index in [9.17, 15) is 9.59 Å². The van der Waals surface area contributed by atoms with Crippen molar-refractivity contribution in [3.63, 3.8) is 0 Å². The largest absolute Gasteiger partial charge is 0.504 e. The van der Waals surface area contributed by atoms with Crippen molar-refractivity contribution < 1.29 is 53.0 Å². The Morgan fingerprint density at radius 2 is 1.54 bits per heavy atom. The van der Waals surface area contributed by atoms with E-state index in [1.54, 1.807) is 38.5 Å². The molecule has 2 fully saturated rings. The molecule has 0 spiro atoms. The fourth-order valence-corrected chi connectivity index (χ4v) is 8.23. The molecule has 3 aliphatic rings. The van der Waals surface area contributed by atoms with Crippen LogP contribution in [0.2, 0.25) is 0 Å². The van der Waals surface area contributed by atoms with Crippen molar-refractivity contribution >= 4 is 22.8 Å². The topological polar surface area (TPSA) is 158 Å². The maximum atomic E-state index is 13.5. The highest BCUT2D eigenvalue weighted by Crippen LogP contribution is 2.51.